The van der Waals surface area contributed by atoms with Gasteiger partial charge in [0, 0.05) is 0 Å². The van der Waals surface area contributed by atoms with Crippen LogP contribution < -0.4 is 11.1 Å². The minimum absolute atomic E-state index is 0.0500. The Bertz CT molecular complexity index is 288. The molecule has 1 amide bonds. The average molecular weight is 256 g/mol. The van der Waals surface area contributed by atoms with Crippen molar-refractivity contribution >= 4 is 11.9 Å². The predicted molar refractivity (Wildman–Crippen MR) is 69.0 cm³/mol. The average Bonchev–Trinajstić information content (AvgIpc) is 2.36. The Kier molecular flexibility index (Phi) is 6.12. The summed E-state index contributed by atoms with van der Waals surface area (Å²) in [5, 5.41) is 11.8. The number of hydrogen-bond acceptors (Lipinski definition) is 3. The van der Waals surface area contributed by atoms with E-state index in [2.05, 4.69) is 5.32 Å². The molecule has 1 saturated carbocycles. The molecule has 0 heterocycles. The van der Waals surface area contributed by atoms with E-state index in [1.807, 2.05) is 6.92 Å². The van der Waals surface area contributed by atoms with Gasteiger partial charge in [-0.15, -0.1) is 0 Å². The zero-order valence-corrected chi connectivity index (χ0v) is 11.0. The van der Waals surface area contributed by atoms with E-state index in [1.54, 1.807) is 0 Å². The molecule has 5 nitrogen and oxygen atoms in total. The van der Waals surface area contributed by atoms with Crippen LogP contribution in [0.1, 0.15) is 51.9 Å². The molecule has 1 aliphatic carbocycles. The summed E-state index contributed by atoms with van der Waals surface area (Å²) in [6.45, 7) is 1.95. The minimum Gasteiger partial charge on any atom is -0.480 e. The molecule has 2 atom stereocenters. The Morgan fingerprint density at radius 2 is 1.94 bits per heavy atom. The first-order valence-corrected chi connectivity index (χ1v) is 6.85. The maximum atomic E-state index is 11.8. The van der Waals surface area contributed by atoms with Gasteiger partial charge in [-0.1, -0.05) is 32.6 Å². The van der Waals surface area contributed by atoms with Crippen molar-refractivity contribution in [3.05, 3.63) is 0 Å². The minimum atomic E-state index is -0.945. The molecule has 0 radical (unpaired) electrons. The molecule has 4 N–H and O–H groups in total. The maximum Gasteiger partial charge on any atom is 0.326 e. The fourth-order valence-electron chi connectivity index (χ4n) is 2.55. The van der Waals surface area contributed by atoms with Gasteiger partial charge in [-0.2, -0.15) is 0 Å². The molecule has 5 heteroatoms. The third-order valence-corrected chi connectivity index (χ3v) is 3.62. The van der Waals surface area contributed by atoms with Gasteiger partial charge in [0.1, 0.15) is 6.04 Å². The fraction of sp³-hybridized carbons (Fsp3) is 0.846. The van der Waals surface area contributed by atoms with Gasteiger partial charge in [-0.05, 0) is 25.2 Å². The van der Waals surface area contributed by atoms with Crippen molar-refractivity contribution < 1.29 is 14.7 Å². The van der Waals surface area contributed by atoms with Crippen LogP contribution in [0.5, 0.6) is 0 Å². The molecular formula is C13H24N2O3. The van der Waals surface area contributed by atoms with Crippen LogP contribution in [-0.4, -0.2) is 29.1 Å². The van der Waals surface area contributed by atoms with Crippen LogP contribution in [0, 0.1) is 5.92 Å². The largest absolute Gasteiger partial charge is 0.480 e. The van der Waals surface area contributed by atoms with Crippen molar-refractivity contribution in [3.63, 3.8) is 0 Å². The molecule has 0 aromatic carbocycles. The van der Waals surface area contributed by atoms with Gasteiger partial charge in [0.2, 0.25) is 5.91 Å². The Hall–Kier alpha value is -1.10. The Labute approximate surface area is 108 Å². The highest BCUT2D eigenvalue weighted by Gasteiger charge is 2.31. The summed E-state index contributed by atoms with van der Waals surface area (Å²) in [6.07, 6.45) is 6.40. The van der Waals surface area contributed by atoms with E-state index in [1.165, 1.54) is 0 Å². The fourth-order valence-corrected chi connectivity index (χ4v) is 2.55. The van der Waals surface area contributed by atoms with Crippen molar-refractivity contribution in [1.29, 1.82) is 0 Å². The van der Waals surface area contributed by atoms with E-state index < -0.39 is 18.1 Å². The van der Waals surface area contributed by atoms with Crippen LogP contribution in [0.3, 0.4) is 0 Å². The van der Waals surface area contributed by atoms with Crippen LogP contribution in [0.25, 0.3) is 0 Å². The highest BCUT2D eigenvalue weighted by Crippen LogP contribution is 2.26. The summed E-state index contributed by atoms with van der Waals surface area (Å²) in [6, 6.07) is -1.37. The van der Waals surface area contributed by atoms with Gasteiger partial charge >= 0.3 is 5.97 Å². The van der Waals surface area contributed by atoms with E-state index in [9.17, 15) is 14.7 Å². The van der Waals surface area contributed by atoms with Gasteiger partial charge in [0.25, 0.3) is 0 Å². The first-order valence-electron chi connectivity index (χ1n) is 6.85. The summed E-state index contributed by atoms with van der Waals surface area (Å²) in [5.74, 6) is -1.23. The zero-order valence-electron chi connectivity index (χ0n) is 11.0. The smallest absolute Gasteiger partial charge is 0.326 e. The van der Waals surface area contributed by atoms with Crippen molar-refractivity contribution in [2.75, 3.05) is 0 Å². The topological polar surface area (TPSA) is 92.4 Å². The van der Waals surface area contributed by atoms with Crippen LogP contribution in [0.15, 0.2) is 0 Å². The molecule has 0 spiro atoms. The zero-order chi connectivity index (χ0) is 13.5. The lowest BCUT2D eigenvalue weighted by molar-refractivity contribution is -0.144. The van der Waals surface area contributed by atoms with Gasteiger partial charge in [0.05, 0.1) is 6.04 Å². The second-order valence-electron chi connectivity index (χ2n) is 5.12. The Morgan fingerprint density at radius 1 is 1.33 bits per heavy atom. The van der Waals surface area contributed by atoms with Crippen molar-refractivity contribution in [3.8, 4) is 0 Å². The van der Waals surface area contributed by atoms with Crippen LogP contribution in [0.4, 0.5) is 0 Å². The van der Waals surface area contributed by atoms with Crippen LogP contribution in [-0.2, 0) is 9.59 Å². The van der Waals surface area contributed by atoms with E-state index in [4.69, 9.17) is 5.73 Å². The number of rotatable bonds is 6. The number of amides is 1. The second-order valence-corrected chi connectivity index (χ2v) is 5.12. The van der Waals surface area contributed by atoms with Gasteiger partial charge in [-0.25, -0.2) is 4.79 Å². The van der Waals surface area contributed by atoms with Crippen LogP contribution >= 0.6 is 0 Å². The van der Waals surface area contributed by atoms with Gasteiger partial charge in [0.15, 0.2) is 0 Å². The summed E-state index contributed by atoms with van der Waals surface area (Å²) in [5.41, 5.74) is 5.70. The molecule has 18 heavy (non-hydrogen) atoms. The highest BCUT2D eigenvalue weighted by atomic mass is 16.4. The molecule has 1 rings (SSSR count). The lowest BCUT2D eigenvalue weighted by Crippen LogP contribution is -2.51. The molecule has 0 aliphatic heterocycles. The number of nitrogens with two attached hydrogens (primary N) is 1. The van der Waals surface area contributed by atoms with Crippen molar-refractivity contribution in [2.45, 2.75) is 64.0 Å². The first-order chi connectivity index (χ1) is 8.56. The number of carboxylic acids is 1. The number of hydrogen-bond donors (Lipinski definition) is 3. The summed E-state index contributed by atoms with van der Waals surface area (Å²) in [4.78, 5) is 23.1. The second kappa shape index (κ2) is 7.36. The molecule has 1 unspecified atom stereocenters. The number of carboxylic acid groups (broad SMARTS) is 1. The third kappa shape index (κ3) is 4.29. The van der Waals surface area contributed by atoms with Crippen molar-refractivity contribution in [1.82, 2.24) is 5.32 Å². The summed E-state index contributed by atoms with van der Waals surface area (Å²) >= 11 is 0. The normalized spacial score (nSPS) is 20.1. The van der Waals surface area contributed by atoms with E-state index >= 15 is 0 Å². The Morgan fingerprint density at radius 3 is 2.44 bits per heavy atom. The van der Waals surface area contributed by atoms with Gasteiger partial charge < -0.3 is 16.2 Å². The predicted octanol–water partition coefficient (Wildman–Crippen LogP) is 1.26. The molecule has 0 aromatic heterocycles. The summed E-state index contributed by atoms with van der Waals surface area (Å²) < 4.78 is 0. The Balaban J connectivity index is 2.56. The lowest BCUT2D eigenvalue weighted by Gasteiger charge is -2.28. The van der Waals surface area contributed by atoms with E-state index in [0.717, 1.165) is 38.5 Å². The third-order valence-electron chi connectivity index (χ3n) is 3.62. The monoisotopic (exact) mass is 256 g/mol. The number of carbonyl (C=O) groups excluding carboxylic acids is 1. The SMILES string of the molecule is CCC[C@@H](N)C(=O)NC(C(=O)O)C1CCCCC1. The molecule has 1 fully saturated rings. The maximum absolute atomic E-state index is 11.8. The molecule has 0 aromatic rings. The van der Waals surface area contributed by atoms with Gasteiger partial charge in [-0.3, -0.25) is 4.79 Å². The molecule has 104 valence electrons. The first kappa shape index (κ1) is 15.0. The lowest BCUT2D eigenvalue weighted by atomic mass is 9.83. The number of aliphatic carboxylic acids is 1. The van der Waals surface area contributed by atoms with E-state index in [-0.39, 0.29) is 11.8 Å². The molecule has 0 saturated heterocycles. The van der Waals surface area contributed by atoms with Crippen molar-refractivity contribution in [2.24, 2.45) is 11.7 Å². The molecule has 1 aliphatic rings. The molecular weight excluding hydrogens is 232 g/mol. The summed E-state index contributed by atoms with van der Waals surface area (Å²) in [7, 11) is 0. The number of nitrogens with one attached hydrogen (secondary N) is 1. The van der Waals surface area contributed by atoms with Crippen LogP contribution in [0.2, 0.25) is 0 Å². The van der Waals surface area contributed by atoms with E-state index in [0.29, 0.717) is 6.42 Å². The standard InChI is InChI=1S/C13H24N2O3/c1-2-6-10(14)12(16)15-11(13(17)18)9-7-4-3-5-8-9/h9-11H,2-8,14H2,1H3,(H,15,16)(H,17,18)/t10-,11?/m1/s1. The number of carbonyl (C=O) groups is 2. The molecule has 0 bridgehead atoms. The quantitative estimate of drug-likeness (QED) is 0.667. The highest BCUT2D eigenvalue weighted by molar-refractivity contribution is 5.86.